The number of aromatic nitrogens is 5. The number of ether oxygens (including phenoxy) is 3. The van der Waals surface area contributed by atoms with E-state index in [1.54, 1.807) is 37.4 Å². The minimum absolute atomic E-state index is 0.113. The molecule has 5 rings (SSSR count). The lowest BCUT2D eigenvalue weighted by Gasteiger charge is -2.21. The maximum absolute atomic E-state index is 12.8. The van der Waals surface area contributed by atoms with Crippen LogP contribution in [0, 0.1) is 5.41 Å². The molecule has 4 aromatic rings. The van der Waals surface area contributed by atoms with Gasteiger partial charge < -0.3 is 25.3 Å². The van der Waals surface area contributed by atoms with Crippen LogP contribution in [0.1, 0.15) is 35.5 Å². The second-order valence-electron chi connectivity index (χ2n) is 8.38. The summed E-state index contributed by atoms with van der Waals surface area (Å²) in [6, 6.07) is 9.49. The first-order chi connectivity index (χ1) is 18.3. The number of anilines is 1. The fourth-order valence-corrected chi connectivity index (χ4v) is 4.17. The average Bonchev–Trinajstić information content (AvgIpc) is 3.53. The van der Waals surface area contributed by atoms with Gasteiger partial charge in [-0.05, 0) is 35.9 Å². The molecule has 0 saturated heterocycles. The molecule has 2 aromatic carbocycles. The molecule has 194 valence electrons. The maximum Gasteiger partial charge on any atom is 0.350 e. The maximum atomic E-state index is 12.8. The number of rotatable bonds is 8. The van der Waals surface area contributed by atoms with Crippen LogP contribution in [0.2, 0.25) is 0 Å². The van der Waals surface area contributed by atoms with E-state index in [2.05, 4.69) is 25.4 Å². The van der Waals surface area contributed by atoms with Gasteiger partial charge in [-0.1, -0.05) is 0 Å². The Hall–Kier alpha value is -5.20. The summed E-state index contributed by atoms with van der Waals surface area (Å²) in [6.07, 6.45) is 3.72. The molecule has 0 bridgehead atoms. The smallest absolute Gasteiger partial charge is 0.350 e. The van der Waals surface area contributed by atoms with Crippen molar-refractivity contribution in [1.29, 1.82) is 5.41 Å². The molecule has 2 aromatic heterocycles. The highest BCUT2D eigenvalue weighted by molar-refractivity contribution is 5.98. The molecule has 1 aliphatic heterocycles. The molecule has 1 atom stereocenters. The first-order valence-electron chi connectivity index (χ1n) is 11.6. The lowest BCUT2D eigenvalue weighted by molar-refractivity contribution is -0.131. The Kier molecular flexibility index (Phi) is 6.47. The number of nitrogen functional groups attached to an aromatic ring is 1. The van der Waals surface area contributed by atoms with Gasteiger partial charge in [0.1, 0.15) is 17.6 Å². The van der Waals surface area contributed by atoms with E-state index < -0.39 is 17.7 Å². The van der Waals surface area contributed by atoms with E-state index in [0.717, 1.165) is 15.8 Å². The standard InChI is InChI=1S/C25H24N8O5/c1-13(34)38-18-12-16(4-5-17(18)22(26)27)30-20(15-10-14-6-9-37-21(14)19(11-15)36-2)23-31-25(35)33(32-23)24-28-7-3-8-29-24/h3-5,7-8,10-12,20,30H,6,9H2,1-2H3,(H3,26,27)(H,31,32,35). The molecule has 1 aliphatic rings. The molecule has 0 spiro atoms. The molecule has 5 N–H and O–H groups in total. The summed E-state index contributed by atoms with van der Waals surface area (Å²) in [7, 11) is 1.55. The Morgan fingerprint density at radius 2 is 2.03 bits per heavy atom. The molecular formula is C25H24N8O5. The molecule has 0 amide bonds. The highest BCUT2D eigenvalue weighted by atomic mass is 16.5. The molecule has 0 fully saturated rings. The zero-order valence-corrected chi connectivity index (χ0v) is 20.5. The number of carbonyl (C=O) groups excluding carboxylic acids is 1. The Morgan fingerprint density at radius 3 is 2.74 bits per heavy atom. The Labute approximate surface area is 216 Å². The summed E-state index contributed by atoms with van der Waals surface area (Å²) >= 11 is 0. The number of esters is 1. The Balaban J connectivity index is 1.62. The van der Waals surface area contributed by atoms with Crippen LogP contribution in [0.4, 0.5) is 5.69 Å². The monoisotopic (exact) mass is 516 g/mol. The Bertz CT molecular complexity index is 1580. The summed E-state index contributed by atoms with van der Waals surface area (Å²) < 4.78 is 17.7. The van der Waals surface area contributed by atoms with E-state index in [1.165, 1.54) is 19.3 Å². The van der Waals surface area contributed by atoms with Crippen LogP contribution in [0.3, 0.4) is 0 Å². The van der Waals surface area contributed by atoms with Gasteiger partial charge in [0.15, 0.2) is 17.3 Å². The van der Waals surface area contributed by atoms with Gasteiger partial charge in [0.25, 0.3) is 5.95 Å². The number of nitrogens with one attached hydrogen (secondary N) is 3. The van der Waals surface area contributed by atoms with Crippen molar-refractivity contribution in [2.45, 2.75) is 19.4 Å². The summed E-state index contributed by atoms with van der Waals surface area (Å²) in [6.45, 7) is 1.79. The zero-order chi connectivity index (χ0) is 26.8. The number of benzene rings is 2. The molecule has 0 aliphatic carbocycles. The van der Waals surface area contributed by atoms with Crippen LogP contribution in [0.25, 0.3) is 5.95 Å². The van der Waals surface area contributed by atoms with E-state index in [-0.39, 0.29) is 28.9 Å². The van der Waals surface area contributed by atoms with E-state index in [4.69, 9.17) is 25.4 Å². The van der Waals surface area contributed by atoms with Gasteiger partial charge in [0.05, 0.1) is 19.3 Å². The lowest BCUT2D eigenvalue weighted by Crippen LogP contribution is -2.18. The van der Waals surface area contributed by atoms with Crippen molar-refractivity contribution in [1.82, 2.24) is 24.7 Å². The summed E-state index contributed by atoms with van der Waals surface area (Å²) in [5, 5.41) is 15.6. The largest absolute Gasteiger partial charge is 0.493 e. The SMILES string of the molecule is COc1cc(C(Nc2ccc(C(=N)N)c(OC(C)=O)c2)c2nn(-c3ncccn3)c(=O)[nH]2)cc2c1OCC2. The first kappa shape index (κ1) is 24.5. The third-order valence-electron chi connectivity index (χ3n) is 5.81. The molecule has 0 saturated carbocycles. The van der Waals surface area contributed by atoms with E-state index in [1.807, 2.05) is 6.07 Å². The van der Waals surface area contributed by atoms with Crippen molar-refractivity contribution in [2.24, 2.45) is 5.73 Å². The number of hydrogen-bond donors (Lipinski definition) is 4. The molecule has 1 unspecified atom stereocenters. The van der Waals surface area contributed by atoms with E-state index in [9.17, 15) is 9.59 Å². The number of carbonyl (C=O) groups is 1. The fourth-order valence-electron chi connectivity index (χ4n) is 4.17. The van der Waals surface area contributed by atoms with Gasteiger partial charge in [-0.15, -0.1) is 9.78 Å². The second kappa shape index (κ2) is 10.0. The number of nitrogens with zero attached hydrogens (tertiary/aromatic N) is 4. The van der Waals surface area contributed by atoms with E-state index in [0.29, 0.717) is 30.2 Å². The lowest BCUT2D eigenvalue weighted by atomic mass is 10.0. The first-order valence-corrected chi connectivity index (χ1v) is 11.6. The van der Waals surface area contributed by atoms with Gasteiger partial charge in [0, 0.05) is 43.1 Å². The Morgan fingerprint density at radius 1 is 1.24 bits per heavy atom. The third kappa shape index (κ3) is 4.76. The zero-order valence-electron chi connectivity index (χ0n) is 20.5. The number of methoxy groups -OCH3 is 1. The van der Waals surface area contributed by atoms with Crippen molar-refractivity contribution in [3.63, 3.8) is 0 Å². The number of aromatic amines is 1. The van der Waals surface area contributed by atoms with Crippen molar-refractivity contribution >= 4 is 17.5 Å². The van der Waals surface area contributed by atoms with E-state index >= 15 is 0 Å². The van der Waals surface area contributed by atoms with Gasteiger partial charge in [-0.2, -0.15) is 0 Å². The molecule has 0 radical (unpaired) electrons. The second-order valence-corrected chi connectivity index (χ2v) is 8.38. The minimum Gasteiger partial charge on any atom is -0.493 e. The van der Waals surface area contributed by atoms with Crippen molar-refractivity contribution < 1.29 is 19.0 Å². The van der Waals surface area contributed by atoms with Gasteiger partial charge >= 0.3 is 11.7 Å². The molecule has 3 heterocycles. The normalized spacial score (nSPS) is 12.8. The summed E-state index contributed by atoms with van der Waals surface area (Å²) in [5.74, 6) is 0.909. The number of H-pyrrole nitrogens is 1. The summed E-state index contributed by atoms with van der Waals surface area (Å²) in [5.41, 5.74) is 7.59. The molecule has 13 nitrogen and oxygen atoms in total. The highest BCUT2D eigenvalue weighted by Gasteiger charge is 2.26. The predicted octanol–water partition coefficient (Wildman–Crippen LogP) is 1.70. The molecular weight excluding hydrogens is 492 g/mol. The predicted molar refractivity (Wildman–Crippen MR) is 136 cm³/mol. The van der Waals surface area contributed by atoms with Crippen LogP contribution in [-0.4, -0.2) is 50.3 Å². The minimum atomic E-state index is -0.694. The molecule has 13 heteroatoms. The van der Waals surface area contributed by atoms with Crippen LogP contribution >= 0.6 is 0 Å². The van der Waals surface area contributed by atoms with Crippen molar-refractivity contribution in [3.05, 3.63) is 81.8 Å². The van der Waals surface area contributed by atoms with Gasteiger partial charge in [-0.3, -0.25) is 15.2 Å². The van der Waals surface area contributed by atoms with Crippen LogP contribution in [-0.2, 0) is 11.2 Å². The van der Waals surface area contributed by atoms with Gasteiger partial charge in [0.2, 0.25) is 0 Å². The number of nitrogens with two attached hydrogens (primary N) is 1. The number of amidine groups is 1. The topological polar surface area (TPSA) is 183 Å². The molecule has 38 heavy (non-hydrogen) atoms. The summed E-state index contributed by atoms with van der Waals surface area (Å²) in [4.78, 5) is 35.5. The highest BCUT2D eigenvalue weighted by Crippen LogP contribution is 2.40. The van der Waals surface area contributed by atoms with Crippen LogP contribution < -0.4 is 31.0 Å². The van der Waals surface area contributed by atoms with Crippen LogP contribution in [0.15, 0.2) is 53.6 Å². The van der Waals surface area contributed by atoms with Gasteiger partial charge in [-0.25, -0.2) is 14.8 Å². The quantitative estimate of drug-likeness (QED) is 0.116. The number of fused-ring (bicyclic) bond motifs is 1. The third-order valence-corrected chi connectivity index (χ3v) is 5.81. The number of hydrogen-bond acceptors (Lipinski definition) is 10. The van der Waals surface area contributed by atoms with Crippen LogP contribution in [0.5, 0.6) is 17.2 Å². The fraction of sp³-hybridized carbons (Fsp3) is 0.200. The van der Waals surface area contributed by atoms with Crippen molar-refractivity contribution in [3.8, 4) is 23.2 Å². The van der Waals surface area contributed by atoms with Crippen molar-refractivity contribution in [2.75, 3.05) is 19.0 Å². The average molecular weight is 517 g/mol.